The minimum Gasteiger partial charge on any atom is -0.475 e. The maximum absolute atomic E-state index is 12.5. The Morgan fingerprint density at radius 1 is 0.826 bits per heavy atom. The van der Waals surface area contributed by atoms with Gasteiger partial charge in [-0.25, -0.2) is 0 Å². The first-order valence-corrected chi connectivity index (χ1v) is 19.3. The highest BCUT2D eigenvalue weighted by atomic mass is 32.1. The van der Waals surface area contributed by atoms with Gasteiger partial charge in [0.25, 0.3) is 5.88 Å². The molecule has 1 saturated heterocycles. The van der Waals surface area contributed by atoms with Crippen LogP contribution in [0.2, 0.25) is 0 Å². The number of likely N-dealkylation sites (N-methyl/N-ethyl adjacent to an activating group) is 1. The van der Waals surface area contributed by atoms with Crippen LogP contribution < -0.4 is 9.64 Å². The molecule has 3 aliphatic rings. The zero-order valence-electron chi connectivity index (χ0n) is 28.6. The molecule has 7 nitrogen and oxygen atoms in total. The Labute approximate surface area is 283 Å². The number of aromatic nitrogens is 2. The molecule has 0 spiro atoms. The van der Waals surface area contributed by atoms with Gasteiger partial charge in [-0.05, 0) is 88.3 Å². The summed E-state index contributed by atoms with van der Waals surface area (Å²) in [6.45, 7) is 7.25. The second-order valence-corrected chi connectivity index (χ2v) is 14.5. The van der Waals surface area contributed by atoms with Gasteiger partial charge in [-0.2, -0.15) is 4.37 Å². The highest BCUT2D eigenvalue weighted by molar-refractivity contribution is 6.99. The van der Waals surface area contributed by atoms with Gasteiger partial charge in [-0.3, -0.25) is 4.79 Å². The lowest BCUT2D eigenvalue weighted by Crippen LogP contribution is -2.39. The number of rotatable bonds is 20. The number of piperidine rings is 1. The van der Waals surface area contributed by atoms with Crippen molar-refractivity contribution in [2.75, 3.05) is 57.8 Å². The second kappa shape index (κ2) is 19.5. The van der Waals surface area contributed by atoms with Gasteiger partial charge in [0.2, 0.25) is 5.91 Å². The Bertz CT molecular complexity index is 1210. The van der Waals surface area contributed by atoms with Crippen LogP contribution in [0.3, 0.4) is 0 Å². The lowest BCUT2D eigenvalue weighted by atomic mass is 9.91. The van der Waals surface area contributed by atoms with E-state index in [-0.39, 0.29) is 0 Å². The molecule has 0 bridgehead atoms. The Morgan fingerprint density at radius 2 is 1.54 bits per heavy atom. The molecular formula is C38H59N5O2S. The van der Waals surface area contributed by atoms with Crippen molar-refractivity contribution in [3.63, 3.8) is 0 Å². The number of nitrogens with zero attached hydrogens (tertiary/aromatic N) is 5. The van der Waals surface area contributed by atoms with Crippen LogP contribution in [0.1, 0.15) is 120 Å². The van der Waals surface area contributed by atoms with Gasteiger partial charge < -0.3 is 19.4 Å². The van der Waals surface area contributed by atoms with Crippen LogP contribution in [0.15, 0.2) is 30.3 Å². The molecule has 1 aromatic carbocycles. The predicted molar refractivity (Wildman–Crippen MR) is 192 cm³/mol. The second-order valence-electron chi connectivity index (χ2n) is 14.0. The summed E-state index contributed by atoms with van der Waals surface area (Å²) in [7, 11) is 2.16. The summed E-state index contributed by atoms with van der Waals surface area (Å²) in [4.78, 5) is 19.5. The number of hydrogen-bond donors (Lipinski definition) is 0. The molecule has 0 radical (unpaired) electrons. The van der Waals surface area contributed by atoms with Gasteiger partial charge in [0.05, 0.1) is 18.3 Å². The number of para-hydroxylation sites is 1. The number of hydrogen-bond acceptors (Lipinski definition) is 7. The largest absolute Gasteiger partial charge is 0.475 e. The molecule has 8 heteroatoms. The number of fused-ring (bicyclic) bond motifs is 1. The van der Waals surface area contributed by atoms with E-state index in [9.17, 15) is 4.79 Å². The van der Waals surface area contributed by atoms with Gasteiger partial charge in [-0.1, -0.05) is 94.9 Å². The van der Waals surface area contributed by atoms with E-state index in [4.69, 9.17) is 4.74 Å². The van der Waals surface area contributed by atoms with Crippen LogP contribution in [-0.4, -0.2) is 77.4 Å². The molecule has 1 amide bonds. The van der Waals surface area contributed by atoms with Crippen molar-refractivity contribution >= 4 is 28.9 Å². The fourth-order valence-electron chi connectivity index (χ4n) is 7.52. The third kappa shape index (κ3) is 11.2. The number of benzene rings is 1. The molecule has 0 saturated carbocycles. The molecule has 1 aromatic heterocycles. The van der Waals surface area contributed by atoms with Crippen LogP contribution in [-0.2, 0) is 11.2 Å². The smallest absolute Gasteiger partial charge is 0.253 e. The van der Waals surface area contributed by atoms with E-state index in [0.29, 0.717) is 12.3 Å². The number of anilines is 1. The molecule has 0 atom stereocenters. The van der Waals surface area contributed by atoms with E-state index in [1.54, 1.807) is 0 Å². The first-order valence-electron chi connectivity index (χ1n) is 18.6. The number of unbranched alkanes of at least 4 members (excludes halogenated alkanes) is 10. The van der Waals surface area contributed by atoms with Gasteiger partial charge in [0, 0.05) is 31.7 Å². The molecular weight excluding hydrogens is 591 g/mol. The van der Waals surface area contributed by atoms with Gasteiger partial charge in [0.1, 0.15) is 5.69 Å². The number of likely N-dealkylation sites (tertiary alicyclic amines) is 1. The van der Waals surface area contributed by atoms with Crippen molar-refractivity contribution in [1.82, 2.24) is 18.5 Å². The number of carbonyl (C=O) groups is 1. The van der Waals surface area contributed by atoms with Crippen molar-refractivity contribution < 1.29 is 9.53 Å². The normalized spacial score (nSPS) is 18.2. The summed E-state index contributed by atoms with van der Waals surface area (Å²) in [6.07, 6.45) is 25.0. The van der Waals surface area contributed by atoms with Crippen molar-refractivity contribution in [3.05, 3.63) is 41.6 Å². The Kier molecular flexibility index (Phi) is 14.9. The Morgan fingerprint density at radius 3 is 2.30 bits per heavy atom. The third-order valence-corrected chi connectivity index (χ3v) is 10.9. The topological polar surface area (TPSA) is 61.8 Å². The van der Waals surface area contributed by atoms with Crippen LogP contribution in [0.5, 0.6) is 5.88 Å². The summed E-state index contributed by atoms with van der Waals surface area (Å²) in [5.41, 5.74) is 4.69. The van der Waals surface area contributed by atoms with Crippen LogP contribution in [0.4, 0.5) is 5.69 Å². The highest BCUT2D eigenvalue weighted by Crippen LogP contribution is 2.29. The fourth-order valence-corrected chi connectivity index (χ4v) is 8.06. The standard InChI is InChI=1S/C38H59N5O2S/c1-41-25-15-19-34(31-41)37-38(40-46-39-37)45-30-14-10-8-6-4-2-3-5-7-9-11-17-32-23-28-42(29-24-32)26-16-27-43-35-20-13-12-18-33(35)21-22-36(43)44/h12-13,18-20,32H,2-11,14-17,21-31H2,1H3. The average molecular weight is 650 g/mol. The maximum atomic E-state index is 12.5. The lowest BCUT2D eigenvalue weighted by molar-refractivity contribution is -0.118. The number of carbonyl (C=O) groups excluding carboxylic acids is 1. The van der Waals surface area contributed by atoms with Crippen molar-refractivity contribution in [1.29, 1.82) is 0 Å². The quantitative estimate of drug-likeness (QED) is 0.134. The van der Waals surface area contributed by atoms with E-state index in [2.05, 4.69) is 55.9 Å². The zero-order valence-corrected chi connectivity index (χ0v) is 29.4. The van der Waals surface area contributed by atoms with Crippen LogP contribution >= 0.6 is 11.7 Å². The molecule has 0 aliphatic carbocycles. The summed E-state index contributed by atoms with van der Waals surface area (Å²) >= 11 is 1.26. The number of ether oxygens (including phenoxy) is 1. The first kappa shape index (κ1) is 35.0. The molecule has 0 unspecified atom stereocenters. The molecule has 254 valence electrons. The predicted octanol–water partition coefficient (Wildman–Crippen LogP) is 8.40. The summed E-state index contributed by atoms with van der Waals surface area (Å²) in [6, 6.07) is 8.44. The molecule has 46 heavy (non-hydrogen) atoms. The van der Waals surface area contributed by atoms with E-state index in [1.807, 2.05) is 4.90 Å². The first-order chi connectivity index (χ1) is 22.7. The van der Waals surface area contributed by atoms with Crippen molar-refractivity contribution in [2.45, 2.75) is 116 Å². The molecule has 5 rings (SSSR count). The molecule has 3 aliphatic heterocycles. The van der Waals surface area contributed by atoms with E-state index in [0.717, 1.165) is 81.6 Å². The third-order valence-electron chi connectivity index (χ3n) is 10.4. The zero-order chi connectivity index (χ0) is 31.8. The van der Waals surface area contributed by atoms with Crippen molar-refractivity contribution in [2.24, 2.45) is 5.92 Å². The Balaban J connectivity index is 0.794. The average Bonchev–Trinajstić information content (AvgIpc) is 3.55. The monoisotopic (exact) mass is 649 g/mol. The molecule has 0 N–H and O–H groups in total. The summed E-state index contributed by atoms with van der Waals surface area (Å²) in [5.74, 6) is 1.96. The van der Waals surface area contributed by atoms with Gasteiger partial charge in [0.15, 0.2) is 0 Å². The minimum absolute atomic E-state index is 0.298. The maximum Gasteiger partial charge on any atom is 0.253 e. The van der Waals surface area contributed by atoms with Gasteiger partial charge >= 0.3 is 0 Å². The van der Waals surface area contributed by atoms with E-state index in [1.165, 1.54) is 119 Å². The molecule has 2 aromatic rings. The van der Waals surface area contributed by atoms with Crippen molar-refractivity contribution in [3.8, 4) is 5.88 Å². The summed E-state index contributed by atoms with van der Waals surface area (Å²) < 4.78 is 14.9. The summed E-state index contributed by atoms with van der Waals surface area (Å²) in [5, 5.41) is 0. The number of aryl methyl sites for hydroxylation is 1. The SMILES string of the molecule is CN1CCC=C(c2nsnc2OCCCCCCCCCCCCCC2CCN(CCCN3C(=O)CCc4ccccc43)CC2)C1. The molecule has 1 fully saturated rings. The highest BCUT2D eigenvalue weighted by Gasteiger charge is 2.24. The van der Waals surface area contributed by atoms with Crippen LogP contribution in [0.25, 0.3) is 5.57 Å². The fraction of sp³-hybridized carbons (Fsp3) is 0.711. The number of amides is 1. The van der Waals surface area contributed by atoms with E-state index < -0.39 is 0 Å². The van der Waals surface area contributed by atoms with Gasteiger partial charge in [-0.15, -0.1) is 4.37 Å². The Hall–Kier alpha value is -2.29. The molecule has 4 heterocycles. The minimum atomic E-state index is 0.298. The van der Waals surface area contributed by atoms with E-state index >= 15 is 0 Å². The van der Waals surface area contributed by atoms with Crippen LogP contribution in [0, 0.1) is 5.92 Å². The lowest BCUT2D eigenvalue weighted by Gasteiger charge is -2.33.